The Morgan fingerprint density at radius 3 is 2.30 bits per heavy atom. The molecule has 8 heteroatoms. The highest BCUT2D eigenvalue weighted by molar-refractivity contribution is 5.96. The number of ketones is 1. The largest absolute Gasteiger partial charge is 0.497 e. The summed E-state index contributed by atoms with van der Waals surface area (Å²) in [6.07, 6.45) is 2.05. The molecule has 0 radical (unpaired) electrons. The number of nitrogens with zero attached hydrogens (tertiary/aromatic N) is 1. The van der Waals surface area contributed by atoms with Crippen molar-refractivity contribution in [2.45, 2.75) is 65.0 Å². The van der Waals surface area contributed by atoms with Crippen LogP contribution in [-0.4, -0.2) is 68.2 Å². The number of fused-ring (bicyclic) bond motifs is 1. The minimum atomic E-state index is -0.904. The van der Waals surface area contributed by atoms with Crippen molar-refractivity contribution in [3.05, 3.63) is 53.6 Å². The van der Waals surface area contributed by atoms with Crippen LogP contribution in [0.3, 0.4) is 0 Å². The zero-order chi connectivity index (χ0) is 29.1. The highest BCUT2D eigenvalue weighted by Crippen LogP contribution is 2.33. The van der Waals surface area contributed by atoms with Crippen LogP contribution in [0.5, 0.6) is 17.2 Å². The third-order valence-corrected chi connectivity index (χ3v) is 7.60. The molecule has 1 aliphatic heterocycles. The van der Waals surface area contributed by atoms with E-state index >= 15 is 0 Å². The summed E-state index contributed by atoms with van der Waals surface area (Å²) < 4.78 is 16.5. The normalized spacial score (nSPS) is 15.0. The Bertz CT molecular complexity index is 1090. The Labute approximate surface area is 239 Å². The summed E-state index contributed by atoms with van der Waals surface area (Å²) >= 11 is 0. The van der Waals surface area contributed by atoms with E-state index in [2.05, 4.69) is 31.0 Å². The number of unbranched alkanes of at least 4 members (excludes halogenated alkanes) is 2. The van der Waals surface area contributed by atoms with Crippen molar-refractivity contribution in [1.82, 2.24) is 10.2 Å². The summed E-state index contributed by atoms with van der Waals surface area (Å²) in [6, 6.07) is 12.1. The third kappa shape index (κ3) is 9.52. The molecule has 8 nitrogen and oxygen atoms in total. The monoisotopic (exact) mass is 554 g/mol. The van der Waals surface area contributed by atoms with Crippen molar-refractivity contribution < 1.29 is 28.9 Å². The molecule has 220 valence electrons. The average molecular weight is 555 g/mol. The second-order valence-corrected chi connectivity index (χ2v) is 11.2. The standard InChI is InChI=1S/C32H46N2O6/c1-22(2)23(3)20-34(4)21-27(32(37)25-13-16-29-30(19-25)40-18-17-39-29)33-31(36)10-8-6-7-9-28(35)24-11-14-26(38-5)15-12-24/h11-16,19,22-23,27,32,37H,6-10,17-18,20-21H2,1-5H3,(H,33,36)/t23?,27-,32-/m1/s1. The number of ether oxygens (including phenoxy) is 3. The highest BCUT2D eigenvalue weighted by atomic mass is 16.6. The number of rotatable bonds is 16. The number of carbonyl (C=O) groups excluding carboxylic acids is 2. The molecule has 1 heterocycles. The first kappa shape index (κ1) is 31.4. The second-order valence-electron chi connectivity index (χ2n) is 11.2. The Morgan fingerprint density at radius 2 is 1.62 bits per heavy atom. The minimum absolute atomic E-state index is 0.0911. The summed E-state index contributed by atoms with van der Waals surface area (Å²) in [5.41, 5.74) is 1.35. The maximum absolute atomic E-state index is 12.9. The number of methoxy groups -OCH3 is 1. The van der Waals surface area contributed by atoms with E-state index in [0.29, 0.717) is 73.5 Å². The lowest BCUT2D eigenvalue weighted by atomic mass is 9.96. The van der Waals surface area contributed by atoms with Gasteiger partial charge < -0.3 is 29.5 Å². The fourth-order valence-electron chi connectivity index (χ4n) is 4.76. The molecule has 0 bridgehead atoms. The molecule has 2 aromatic rings. The van der Waals surface area contributed by atoms with Crippen molar-refractivity contribution in [2.24, 2.45) is 11.8 Å². The van der Waals surface area contributed by atoms with Crippen molar-refractivity contribution in [3.63, 3.8) is 0 Å². The number of nitrogens with one attached hydrogen (secondary N) is 1. The second kappa shape index (κ2) is 15.6. The van der Waals surface area contributed by atoms with Gasteiger partial charge in [-0.1, -0.05) is 33.3 Å². The summed E-state index contributed by atoms with van der Waals surface area (Å²) in [5, 5.41) is 14.4. The van der Waals surface area contributed by atoms with Crippen LogP contribution >= 0.6 is 0 Å². The van der Waals surface area contributed by atoms with Gasteiger partial charge in [-0.15, -0.1) is 0 Å². The van der Waals surface area contributed by atoms with Gasteiger partial charge in [-0.25, -0.2) is 0 Å². The van der Waals surface area contributed by atoms with E-state index in [1.807, 2.05) is 19.2 Å². The van der Waals surface area contributed by atoms with Gasteiger partial charge in [0.2, 0.25) is 5.91 Å². The van der Waals surface area contributed by atoms with Gasteiger partial charge >= 0.3 is 0 Å². The smallest absolute Gasteiger partial charge is 0.220 e. The van der Waals surface area contributed by atoms with Gasteiger partial charge in [-0.05, 0) is 73.7 Å². The molecule has 2 N–H and O–H groups in total. The van der Waals surface area contributed by atoms with Crippen LogP contribution in [0.1, 0.15) is 74.9 Å². The van der Waals surface area contributed by atoms with E-state index in [-0.39, 0.29) is 11.7 Å². The number of aliphatic hydroxyl groups excluding tert-OH is 1. The molecule has 0 fully saturated rings. The molecule has 0 aliphatic carbocycles. The van der Waals surface area contributed by atoms with Crippen molar-refractivity contribution in [3.8, 4) is 17.2 Å². The molecule has 2 aromatic carbocycles. The van der Waals surface area contributed by atoms with Crippen LogP contribution in [0.15, 0.2) is 42.5 Å². The number of carbonyl (C=O) groups is 2. The molecule has 1 aliphatic rings. The fourth-order valence-corrected chi connectivity index (χ4v) is 4.76. The maximum atomic E-state index is 12.9. The lowest BCUT2D eigenvalue weighted by molar-refractivity contribution is -0.123. The first-order valence-corrected chi connectivity index (χ1v) is 14.4. The summed E-state index contributed by atoms with van der Waals surface area (Å²) in [5.74, 6) is 3.00. The fraction of sp³-hybridized carbons (Fsp3) is 0.562. The predicted molar refractivity (Wildman–Crippen MR) is 156 cm³/mol. The number of hydrogen-bond acceptors (Lipinski definition) is 7. The summed E-state index contributed by atoms with van der Waals surface area (Å²) in [6.45, 7) is 8.95. The maximum Gasteiger partial charge on any atom is 0.220 e. The Hall–Kier alpha value is -3.10. The molecule has 1 unspecified atom stereocenters. The van der Waals surface area contributed by atoms with Crippen LogP contribution in [0.25, 0.3) is 0 Å². The molecule has 40 heavy (non-hydrogen) atoms. The van der Waals surface area contributed by atoms with Gasteiger partial charge in [-0.3, -0.25) is 9.59 Å². The Kier molecular flexibility index (Phi) is 12.3. The van der Waals surface area contributed by atoms with Crippen LogP contribution in [0, 0.1) is 11.8 Å². The molecule has 3 atom stereocenters. The zero-order valence-electron chi connectivity index (χ0n) is 24.7. The highest BCUT2D eigenvalue weighted by Gasteiger charge is 2.26. The third-order valence-electron chi connectivity index (χ3n) is 7.60. The van der Waals surface area contributed by atoms with Crippen LogP contribution < -0.4 is 19.5 Å². The molecule has 0 spiro atoms. The lowest BCUT2D eigenvalue weighted by Crippen LogP contribution is -2.47. The molecule has 0 saturated carbocycles. The number of amides is 1. The number of aliphatic hydroxyl groups is 1. The van der Waals surface area contributed by atoms with E-state index < -0.39 is 12.1 Å². The van der Waals surface area contributed by atoms with E-state index in [4.69, 9.17) is 14.2 Å². The molecule has 1 amide bonds. The summed E-state index contributed by atoms with van der Waals surface area (Å²) in [4.78, 5) is 27.6. The van der Waals surface area contributed by atoms with Crippen molar-refractivity contribution in [2.75, 3.05) is 40.5 Å². The predicted octanol–water partition coefficient (Wildman–Crippen LogP) is 5.04. The molecular weight excluding hydrogens is 508 g/mol. The van der Waals surface area contributed by atoms with Gasteiger partial charge in [0.15, 0.2) is 17.3 Å². The average Bonchev–Trinajstić information content (AvgIpc) is 2.95. The van der Waals surface area contributed by atoms with Crippen LogP contribution in [-0.2, 0) is 4.79 Å². The van der Waals surface area contributed by atoms with Gasteiger partial charge in [0.05, 0.1) is 13.2 Å². The van der Waals surface area contributed by atoms with Gasteiger partial charge in [0.25, 0.3) is 0 Å². The molecular formula is C32H46N2O6. The van der Waals surface area contributed by atoms with E-state index in [9.17, 15) is 14.7 Å². The van der Waals surface area contributed by atoms with Crippen molar-refractivity contribution >= 4 is 11.7 Å². The van der Waals surface area contributed by atoms with E-state index in [1.165, 1.54) is 0 Å². The molecule has 3 rings (SSSR count). The molecule has 0 saturated heterocycles. The quantitative estimate of drug-likeness (QED) is 0.222. The van der Waals surface area contributed by atoms with E-state index in [1.54, 1.807) is 37.4 Å². The first-order valence-electron chi connectivity index (χ1n) is 14.4. The van der Waals surface area contributed by atoms with Crippen LogP contribution in [0.2, 0.25) is 0 Å². The van der Waals surface area contributed by atoms with Gasteiger partial charge in [-0.2, -0.15) is 0 Å². The SMILES string of the molecule is COc1ccc(C(=O)CCCCCC(=O)N[C@H](CN(C)CC(C)C(C)C)[C@H](O)c2ccc3c(c2)OCCO3)cc1. The number of Topliss-reactive ketones (excluding diaryl/α,β-unsaturated/α-hetero) is 1. The van der Waals surface area contributed by atoms with Gasteiger partial charge in [0.1, 0.15) is 25.1 Å². The van der Waals surface area contributed by atoms with E-state index in [0.717, 1.165) is 25.1 Å². The molecule has 0 aromatic heterocycles. The van der Waals surface area contributed by atoms with Crippen molar-refractivity contribution in [1.29, 1.82) is 0 Å². The number of likely N-dealkylation sites (N-methyl/N-ethyl adjacent to an activating group) is 1. The number of hydrogen-bond donors (Lipinski definition) is 2. The first-order chi connectivity index (χ1) is 19.2. The Balaban J connectivity index is 1.53. The zero-order valence-corrected chi connectivity index (χ0v) is 24.7. The lowest BCUT2D eigenvalue weighted by Gasteiger charge is -2.31. The Morgan fingerprint density at radius 1 is 0.950 bits per heavy atom. The topological polar surface area (TPSA) is 97.3 Å². The minimum Gasteiger partial charge on any atom is -0.497 e. The summed E-state index contributed by atoms with van der Waals surface area (Å²) in [7, 11) is 3.62. The van der Waals surface area contributed by atoms with Crippen LogP contribution in [0.4, 0.5) is 0 Å². The number of benzene rings is 2. The van der Waals surface area contributed by atoms with Gasteiger partial charge in [0, 0.05) is 31.5 Å².